The Hall–Kier alpha value is -2.24. The molecular weight excluding hydrogens is 324 g/mol. The Morgan fingerprint density at radius 2 is 2.12 bits per heavy atom. The van der Waals surface area contributed by atoms with Crippen LogP contribution in [0, 0.1) is 0 Å². The van der Waals surface area contributed by atoms with Gasteiger partial charge in [0.25, 0.3) is 0 Å². The lowest BCUT2D eigenvalue weighted by atomic mass is 10.1. The number of rotatable bonds is 4. The number of hydrogen-bond donors (Lipinski definition) is 0. The molecule has 0 bridgehead atoms. The van der Waals surface area contributed by atoms with E-state index in [4.69, 9.17) is 16.1 Å². The first kappa shape index (κ1) is 15.3. The van der Waals surface area contributed by atoms with Gasteiger partial charge in [-0.05, 0) is 36.7 Å². The smallest absolute Gasteiger partial charge is 0.231 e. The summed E-state index contributed by atoms with van der Waals surface area (Å²) in [5, 5.41) is 4.91. The molecule has 1 atom stereocenters. The van der Waals surface area contributed by atoms with Crippen molar-refractivity contribution in [2.24, 2.45) is 0 Å². The van der Waals surface area contributed by atoms with Crippen molar-refractivity contribution < 1.29 is 4.52 Å². The molecule has 1 saturated heterocycles. The van der Waals surface area contributed by atoms with Gasteiger partial charge in [-0.2, -0.15) is 4.98 Å². The van der Waals surface area contributed by atoms with Crippen LogP contribution in [0.2, 0.25) is 5.02 Å². The Kier molecular flexibility index (Phi) is 4.28. The van der Waals surface area contributed by atoms with Crippen LogP contribution < -0.4 is 0 Å². The molecule has 2 aromatic heterocycles. The van der Waals surface area contributed by atoms with Crippen LogP contribution in [-0.2, 0) is 6.54 Å². The van der Waals surface area contributed by atoms with Crippen LogP contribution in [0.15, 0.2) is 53.3 Å². The number of pyridine rings is 1. The summed E-state index contributed by atoms with van der Waals surface area (Å²) < 4.78 is 5.48. The highest BCUT2D eigenvalue weighted by Crippen LogP contribution is 2.29. The molecule has 1 aliphatic heterocycles. The van der Waals surface area contributed by atoms with Crippen molar-refractivity contribution in [2.45, 2.75) is 18.9 Å². The van der Waals surface area contributed by atoms with Gasteiger partial charge in [-0.3, -0.25) is 9.88 Å². The number of halogens is 1. The summed E-state index contributed by atoms with van der Waals surface area (Å²) in [6.07, 6.45) is 4.49. The normalized spacial score (nSPS) is 18.1. The van der Waals surface area contributed by atoms with E-state index in [1.807, 2.05) is 30.3 Å². The maximum Gasteiger partial charge on any atom is 0.231 e. The average Bonchev–Trinajstić information content (AvgIpc) is 3.27. The van der Waals surface area contributed by atoms with Crippen LogP contribution in [0.1, 0.15) is 23.8 Å². The third kappa shape index (κ3) is 3.18. The molecule has 1 aromatic carbocycles. The maximum absolute atomic E-state index is 6.25. The largest absolute Gasteiger partial charge is 0.339 e. The van der Waals surface area contributed by atoms with E-state index in [2.05, 4.69) is 26.1 Å². The molecule has 0 aliphatic carbocycles. The fourth-order valence-electron chi connectivity index (χ4n) is 3.06. The van der Waals surface area contributed by atoms with Gasteiger partial charge in [-0.1, -0.05) is 35.0 Å². The van der Waals surface area contributed by atoms with Crippen LogP contribution in [0.3, 0.4) is 0 Å². The molecule has 5 nitrogen and oxygen atoms in total. The minimum Gasteiger partial charge on any atom is -0.339 e. The van der Waals surface area contributed by atoms with Gasteiger partial charge >= 0.3 is 0 Å². The molecule has 6 heteroatoms. The van der Waals surface area contributed by atoms with Gasteiger partial charge < -0.3 is 4.52 Å². The van der Waals surface area contributed by atoms with Gasteiger partial charge in [0.2, 0.25) is 11.7 Å². The first-order valence-corrected chi connectivity index (χ1v) is 8.37. The Labute approximate surface area is 145 Å². The highest BCUT2D eigenvalue weighted by atomic mass is 35.5. The van der Waals surface area contributed by atoms with Crippen molar-refractivity contribution >= 4 is 11.6 Å². The van der Waals surface area contributed by atoms with Crippen molar-refractivity contribution in [1.82, 2.24) is 20.0 Å². The van der Waals surface area contributed by atoms with Gasteiger partial charge in [0, 0.05) is 36.1 Å². The lowest BCUT2D eigenvalue weighted by Gasteiger charge is -2.16. The number of hydrogen-bond acceptors (Lipinski definition) is 5. The first-order valence-electron chi connectivity index (χ1n) is 7.99. The van der Waals surface area contributed by atoms with E-state index < -0.39 is 0 Å². The van der Waals surface area contributed by atoms with E-state index in [1.54, 1.807) is 12.4 Å². The SMILES string of the molecule is Clc1ccccc1CN1CCC(c2nc(-c3cccnc3)no2)C1. The van der Waals surface area contributed by atoms with E-state index in [0.717, 1.165) is 42.2 Å². The molecule has 3 aromatic rings. The monoisotopic (exact) mass is 340 g/mol. The highest BCUT2D eigenvalue weighted by molar-refractivity contribution is 6.31. The van der Waals surface area contributed by atoms with Crippen LogP contribution in [0.4, 0.5) is 0 Å². The van der Waals surface area contributed by atoms with Gasteiger partial charge in [-0.15, -0.1) is 0 Å². The molecule has 1 unspecified atom stereocenters. The lowest BCUT2D eigenvalue weighted by Crippen LogP contribution is -2.20. The highest BCUT2D eigenvalue weighted by Gasteiger charge is 2.28. The van der Waals surface area contributed by atoms with E-state index in [0.29, 0.717) is 11.7 Å². The Balaban J connectivity index is 1.44. The molecule has 0 N–H and O–H groups in total. The number of likely N-dealkylation sites (tertiary alicyclic amines) is 1. The number of aromatic nitrogens is 3. The molecular formula is C18H17ClN4O. The zero-order valence-corrected chi connectivity index (χ0v) is 13.9. The minimum absolute atomic E-state index is 0.269. The minimum atomic E-state index is 0.269. The summed E-state index contributed by atoms with van der Waals surface area (Å²) in [6, 6.07) is 11.8. The summed E-state index contributed by atoms with van der Waals surface area (Å²) in [5.41, 5.74) is 2.03. The van der Waals surface area contributed by atoms with Crippen molar-refractivity contribution in [3.63, 3.8) is 0 Å². The van der Waals surface area contributed by atoms with Gasteiger partial charge in [0.1, 0.15) is 0 Å². The molecule has 3 heterocycles. The van der Waals surface area contributed by atoms with Gasteiger partial charge in [0.15, 0.2) is 0 Å². The second kappa shape index (κ2) is 6.71. The number of nitrogens with zero attached hydrogens (tertiary/aromatic N) is 4. The molecule has 122 valence electrons. The summed E-state index contributed by atoms with van der Waals surface area (Å²) in [6.45, 7) is 2.75. The lowest BCUT2D eigenvalue weighted by molar-refractivity contribution is 0.309. The molecule has 0 saturated carbocycles. The van der Waals surface area contributed by atoms with Crippen LogP contribution in [0.25, 0.3) is 11.4 Å². The second-order valence-corrected chi connectivity index (χ2v) is 6.42. The average molecular weight is 341 g/mol. The molecule has 4 rings (SSSR count). The topological polar surface area (TPSA) is 55.1 Å². The third-order valence-corrected chi connectivity index (χ3v) is 4.70. The molecule has 0 amide bonds. The van der Waals surface area contributed by atoms with Crippen molar-refractivity contribution in [3.8, 4) is 11.4 Å². The Bertz CT molecular complexity index is 821. The van der Waals surface area contributed by atoms with Crippen LogP contribution >= 0.6 is 11.6 Å². The van der Waals surface area contributed by atoms with E-state index in [-0.39, 0.29) is 5.92 Å². The summed E-state index contributed by atoms with van der Waals surface area (Å²) in [5.74, 6) is 1.57. The van der Waals surface area contributed by atoms with Crippen molar-refractivity contribution in [2.75, 3.05) is 13.1 Å². The fourth-order valence-corrected chi connectivity index (χ4v) is 3.25. The summed E-state index contributed by atoms with van der Waals surface area (Å²) in [7, 11) is 0. The maximum atomic E-state index is 6.25. The second-order valence-electron chi connectivity index (χ2n) is 6.01. The Morgan fingerprint density at radius 1 is 1.21 bits per heavy atom. The third-order valence-electron chi connectivity index (χ3n) is 4.33. The molecule has 1 aliphatic rings. The Morgan fingerprint density at radius 3 is 2.96 bits per heavy atom. The quantitative estimate of drug-likeness (QED) is 0.723. The molecule has 0 radical (unpaired) electrons. The van der Waals surface area contributed by atoms with Crippen LogP contribution in [0.5, 0.6) is 0 Å². The number of benzene rings is 1. The van der Waals surface area contributed by atoms with Crippen LogP contribution in [-0.4, -0.2) is 33.1 Å². The van der Waals surface area contributed by atoms with Crippen molar-refractivity contribution in [3.05, 3.63) is 65.3 Å². The van der Waals surface area contributed by atoms with Gasteiger partial charge in [-0.25, -0.2) is 0 Å². The van der Waals surface area contributed by atoms with Crippen molar-refractivity contribution in [1.29, 1.82) is 0 Å². The zero-order chi connectivity index (χ0) is 16.4. The predicted octanol–water partition coefficient (Wildman–Crippen LogP) is 3.77. The molecule has 0 spiro atoms. The predicted molar refractivity (Wildman–Crippen MR) is 91.6 cm³/mol. The molecule has 24 heavy (non-hydrogen) atoms. The fraction of sp³-hybridized carbons (Fsp3) is 0.278. The zero-order valence-electron chi connectivity index (χ0n) is 13.1. The summed E-state index contributed by atoms with van der Waals surface area (Å²) >= 11 is 6.25. The first-order chi connectivity index (χ1) is 11.8. The van der Waals surface area contributed by atoms with E-state index >= 15 is 0 Å². The standard InChI is InChI=1S/C18H17ClN4O/c19-16-6-2-1-4-14(16)11-23-9-7-15(12-23)18-21-17(22-24-18)13-5-3-8-20-10-13/h1-6,8,10,15H,7,9,11-12H2. The van der Waals surface area contributed by atoms with E-state index in [9.17, 15) is 0 Å². The molecule has 1 fully saturated rings. The van der Waals surface area contributed by atoms with E-state index in [1.165, 1.54) is 0 Å². The summed E-state index contributed by atoms with van der Waals surface area (Å²) in [4.78, 5) is 11.0. The van der Waals surface area contributed by atoms with Gasteiger partial charge in [0.05, 0.1) is 5.92 Å².